The lowest BCUT2D eigenvalue weighted by atomic mass is 10.2. The van der Waals surface area contributed by atoms with Gasteiger partial charge in [-0.15, -0.1) is 11.3 Å². The molecule has 4 rings (SSSR count). The first-order chi connectivity index (χ1) is 12.3. The van der Waals surface area contributed by atoms with Gasteiger partial charge in [-0.3, -0.25) is 4.79 Å². The molecule has 0 amide bonds. The lowest BCUT2D eigenvalue weighted by Gasteiger charge is -2.06. The zero-order valence-electron chi connectivity index (χ0n) is 13.7. The van der Waals surface area contributed by atoms with Crippen LogP contribution in [0.15, 0.2) is 71.0 Å². The van der Waals surface area contributed by atoms with Crippen molar-refractivity contribution in [2.75, 3.05) is 7.11 Å². The van der Waals surface area contributed by atoms with Gasteiger partial charge in [-0.1, -0.05) is 30.3 Å². The summed E-state index contributed by atoms with van der Waals surface area (Å²) in [6, 6.07) is 17.4. The van der Waals surface area contributed by atoms with Gasteiger partial charge < -0.3 is 9.30 Å². The molecule has 0 radical (unpaired) electrons. The number of benzene rings is 2. The molecule has 2 heterocycles. The Kier molecular flexibility index (Phi) is 4.07. The monoisotopic (exact) mass is 348 g/mol. The minimum absolute atomic E-state index is 0.00458. The Hall–Kier alpha value is -2.92. The summed E-state index contributed by atoms with van der Waals surface area (Å²) in [5.41, 5.74) is 1.83. The summed E-state index contributed by atoms with van der Waals surface area (Å²) in [7, 11) is 1.65. The van der Waals surface area contributed by atoms with E-state index in [1.807, 2.05) is 66.2 Å². The molecule has 0 N–H and O–H groups in total. The van der Waals surface area contributed by atoms with Gasteiger partial charge in [0.25, 0.3) is 5.56 Å². The van der Waals surface area contributed by atoms with Crippen molar-refractivity contribution in [3.63, 3.8) is 0 Å². The quantitative estimate of drug-likeness (QED) is 0.556. The summed E-state index contributed by atoms with van der Waals surface area (Å²) in [5.74, 6) is 0.797. The summed E-state index contributed by atoms with van der Waals surface area (Å²) in [6.07, 6.45) is 1.83. The number of ether oxygens (including phenoxy) is 1. The van der Waals surface area contributed by atoms with Crippen LogP contribution in [-0.2, 0) is 6.54 Å². The molecule has 2 aromatic heterocycles. The van der Waals surface area contributed by atoms with Gasteiger partial charge in [0, 0.05) is 17.0 Å². The average Bonchev–Trinajstić information content (AvgIpc) is 3.12. The average molecular weight is 348 g/mol. The van der Waals surface area contributed by atoms with Crippen LogP contribution in [0.1, 0.15) is 5.69 Å². The van der Waals surface area contributed by atoms with E-state index in [-0.39, 0.29) is 5.56 Å². The molecule has 0 spiro atoms. The fourth-order valence-corrected chi connectivity index (χ4v) is 3.69. The Morgan fingerprint density at radius 3 is 2.76 bits per heavy atom. The van der Waals surface area contributed by atoms with Gasteiger partial charge in [-0.2, -0.15) is 0 Å². The number of hydrogen-bond acceptors (Lipinski definition) is 4. The Labute approximate surface area is 149 Å². The van der Waals surface area contributed by atoms with Crippen molar-refractivity contribution < 1.29 is 4.74 Å². The van der Waals surface area contributed by atoms with E-state index in [0.717, 1.165) is 32.8 Å². The molecule has 0 bridgehead atoms. The third-order valence-electron chi connectivity index (χ3n) is 4.11. The Balaban J connectivity index is 1.68. The van der Waals surface area contributed by atoms with Crippen LogP contribution < -0.4 is 10.3 Å². The smallest absolute Gasteiger partial charge is 0.258 e. The molecule has 0 aliphatic heterocycles. The molecule has 0 saturated carbocycles. The maximum Gasteiger partial charge on any atom is 0.258 e. The predicted octanol–water partition coefficient (Wildman–Crippen LogP) is 4.18. The summed E-state index contributed by atoms with van der Waals surface area (Å²) in [5, 5.41) is 4.56. The fourth-order valence-electron chi connectivity index (χ4n) is 2.85. The molecule has 4 aromatic rings. The minimum atomic E-state index is 0.00458. The number of methoxy groups -OCH3 is 1. The van der Waals surface area contributed by atoms with Crippen molar-refractivity contribution in [1.29, 1.82) is 0 Å². The third-order valence-corrected chi connectivity index (χ3v) is 5.03. The summed E-state index contributed by atoms with van der Waals surface area (Å²) < 4.78 is 7.10. The van der Waals surface area contributed by atoms with Crippen LogP contribution in [0, 0.1) is 0 Å². The topological polar surface area (TPSA) is 44.1 Å². The zero-order chi connectivity index (χ0) is 17.2. The fraction of sp³-hybridized carbons (Fsp3) is 0.100. The van der Waals surface area contributed by atoms with Crippen LogP contribution in [0.25, 0.3) is 21.3 Å². The molecule has 25 heavy (non-hydrogen) atoms. The lowest BCUT2D eigenvalue weighted by Crippen LogP contribution is -2.20. The first-order valence-corrected chi connectivity index (χ1v) is 8.80. The van der Waals surface area contributed by atoms with Crippen molar-refractivity contribution in [3.8, 4) is 16.3 Å². The van der Waals surface area contributed by atoms with E-state index in [1.165, 1.54) is 0 Å². The molecule has 2 aromatic carbocycles. The summed E-state index contributed by atoms with van der Waals surface area (Å²) >= 11 is 1.55. The van der Waals surface area contributed by atoms with Crippen molar-refractivity contribution >= 4 is 22.1 Å². The van der Waals surface area contributed by atoms with Gasteiger partial charge in [-0.25, -0.2) is 4.98 Å². The normalized spacial score (nSPS) is 10.9. The molecule has 0 saturated heterocycles. The van der Waals surface area contributed by atoms with Crippen LogP contribution in [0.4, 0.5) is 0 Å². The molecule has 0 aliphatic carbocycles. The van der Waals surface area contributed by atoms with E-state index in [4.69, 9.17) is 4.74 Å². The second-order valence-corrected chi connectivity index (χ2v) is 6.54. The third kappa shape index (κ3) is 2.94. The van der Waals surface area contributed by atoms with Gasteiger partial charge in [-0.05, 0) is 29.7 Å². The maximum atomic E-state index is 12.6. The number of pyridine rings is 1. The highest BCUT2D eigenvalue weighted by Gasteiger charge is 2.11. The van der Waals surface area contributed by atoms with E-state index in [9.17, 15) is 4.79 Å². The Morgan fingerprint density at radius 2 is 1.88 bits per heavy atom. The molecule has 0 unspecified atom stereocenters. The van der Waals surface area contributed by atoms with Crippen molar-refractivity contribution in [1.82, 2.24) is 9.55 Å². The SMILES string of the molecule is COc1ccccc1-c1nc(Cn2ccc3ccccc3c2=O)cs1. The van der Waals surface area contributed by atoms with E-state index in [0.29, 0.717) is 6.54 Å². The standard InChI is InChI=1S/C20H16N2O2S/c1-24-18-9-5-4-8-17(18)19-21-15(13-25-19)12-22-11-10-14-6-2-3-7-16(14)20(22)23/h2-11,13H,12H2,1H3. The van der Waals surface area contributed by atoms with E-state index < -0.39 is 0 Å². The molecule has 0 aliphatic rings. The number of para-hydroxylation sites is 1. The molecule has 124 valence electrons. The van der Waals surface area contributed by atoms with Crippen molar-refractivity contribution in [2.45, 2.75) is 6.54 Å². The zero-order valence-corrected chi connectivity index (χ0v) is 14.5. The largest absolute Gasteiger partial charge is 0.496 e. The molecular formula is C20H16N2O2S. The first-order valence-electron chi connectivity index (χ1n) is 7.92. The van der Waals surface area contributed by atoms with Crippen LogP contribution >= 0.6 is 11.3 Å². The second-order valence-electron chi connectivity index (χ2n) is 5.68. The molecular weight excluding hydrogens is 332 g/mol. The van der Waals surface area contributed by atoms with Crippen molar-refractivity contribution in [2.24, 2.45) is 0 Å². The maximum absolute atomic E-state index is 12.6. The molecule has 4 nitrogen and oxygen atoms in total. The highest BCUT2D eigenvalue weighted by Crippen LogP contribution is 2.31. The summed E-state index contributed by atoms with van der Waals surface area (Å²) in [4.78, 5) is 17.3. The number of rotatable bonds is 4. The Morgan fingerprint density at radius 1 is 1.08 bits per heavy atom. The number of nitrogens with zero attached hydrogens (tertiary/aromatic N) is 2. The number of hydrogen-bond donors (Lipinski definition) is 0. The Bertz CT molecular complexity index is 1100. The van der Waals surface area contributed by atoms with Crippen LogP contribution in [0.5, 0.6) is 5.75 Å². The number of aromatic nitrogens is 2. The van der Waals surface area contributed by atoms with Crippen LogP contribution in [-0.4, -0.2) is 16.7 Å². The lowest BCUT2D eigenvalue weighted by molar-refractivity contribution is 0.416. The minimum Gasteiger partial charge on any atom is -0.496 e. The molecule has 0 fully saturated rings. The van der Waals surface area contributed by atoms with Gasteiger partial charge in [0.15, 0.2) is 0 Å². The van der Waals surface area contributed by atoms with Crippen molar-refractivity contribution in [3.05, 3.63) is 82.2 Å². The molecule has 0 atom stereocenters. The van der Waals surface area contributed by atoms with Crippen LogP contribution in [0.2, 0.25) is 0 Å². The van der Waals surface area contributed by atoms with E-state index >= 15 is 0 Å². The van der Waals surface area contributed by atoms with Crippen LogP contribution in [0.3, 0.4) is 0 Å². The summed E-state index contributed by atoms with van der Waals surface area (Å²) in [6.45, 7) is 0.454. The number of fused-ring (bicyclic) bond motifs is 1. The predicted molar refractivity (Wildman–Crippen MR) is 101 cm³/mol. The van der Waals surface area contributed by atoms with Gasteiger partial charge in [0.1, 0.15) is 10.8 Å². The molecule has 5 heteroatoms. The second kappa shape index (κ2) is 6.53. The first kappa shape index (κ1) is 15.6. The van der Waals surface area contributed by atoms with Gasteiger partial charge >= 0.3 is 0 Å². The highest BCUT2D eigenvalue weighted by atomic mass is 32.1. The number of thiazole rings is 1. The van der Waals surface area contributed by atoms with E-state index in [2.05, 4.69) is 4.98 Å². The highest BCUT2D eigenvalue weighted by molar-refractivity contribution is 7.13. The van der Waals surface area contributed by atoms with Gasteiger partial charge in [0.05, 0.1) is 24.9 Å². The van der Waals surface area contributed by atoms with E-state index in [1.54, 1.807) is 23.0 Å². The van der Waals surface area contributed by atoms with Gasteiger partial charge in [0.2, 0.25) is 0 Å².